The molecule has 0 saturated carbocycles. The van der Waals surface area contributed by atoms with Gasteiger partial charge in [-0.1, -0.05) is 30.3 Å². The van der Waals surface area contributed by atoms with E-state index < -0.39 is 0 Å². The van der Waals surface area contributed by atoms with Crippen LogP contribution < -0.4 is 15.5 Å². The average Bonchev–Trinajstić information content (AvgIpc) is 2.72. The maximum absolute atomic E-state index is 4.55. The fourth-order valence-corrected chi connectivity index (χ4v) is 3.28. The number of aliphatic imine (C=N–C) groups is 1. The summed E-state index contributed by atoms with van der Waals surface area (Å²) < 4.78 is 0. The zero-order chi connectivity index (χ0) is 18.2. The van der Waals surface area contributed by atoms with E-state index in [1.807, 2.05) is 12.3 Å². The smallest absolute Gasteiger partial charge is 0.191 e. The molecule has 5 nitrogen and oxygen atoms in total. The number of pyridine rings is 1. The monoisotopic (exact) mass is 351 g/mol. The van der Waals surface area contributed by atoms with Gasteiger partial charge in [0.25, 0.3) is 0 Å². The normalized spacial score (nSPS) is 16.2. The van der Waals surface area contributed by atoms with Crippen LogP contribution in [0.1, 0.15) is 43.4 Å². The molecule has 3 rings (SSSR count). The summed E-state index contributed by atoms with van der Waals surface area (Å²) in [4.78, 5) is 11.3. The summed E-state index contributed by atoms with van der Waals surface area (Å²) in [6, 6.07) is 14.8. The molecule has 138 valence electrons. The topological polar surface area (TPSA) is 52.6 Å². The molecule has 1 aromatic heterocycles. The Kier molecular flexibility index (Phi) is 6.47. The van der Waals surface area contributed by atoms with Gasteiger partial charge in [0.1, 0.15) is 5.82 Å². The fourth-order valence-electron chi connectivity index (χ4n) is 3.28. The molecule has 0 amide bonds. The maximum atomic E-state index is 4.55. The Labute approximate surface area is 156 Å². The number of nitrogens with one attached hydrogen (secondary N) is 2. The van der Waals surface area contributed by atoms with Gasteiger partial charge in [-0.2, -0.15) is 0 Å². The number of piperidine rings is 1. The lowest BCUT2D eigenvalue weighted by atomic mass is 10.1. The molecular weight excluding hydrogens is 322 g/mol. The van der Waals surface area contributed by atoms with Gasteiger partial charge in [-0.05, 0) is 49.4 Å². The summed E-state index contributed by atoms with van der Waals surface area (Å²) in [5.74, 6) is 1.89. The number of anilines is 1. The van der Waals surface area contributed by atoms with E-state index in [2.05, 4.69) is 68.8 Å². The SMILES string of the molecule is CN=C(NCc1ccnc(N2CCCCC2)c1)NC(C)c1ccccc1. The summed E-state index contributed by atoms with van der Waals surface area (Å²) in [6.07, 6.45) is 5.76. The van der Waals surface area contributed by atoms with Gasteiger partial charge in [0.05, 0.1) is 6.04 Å². The van der Waals surface area contributed by atoms with Crippen molar-refractivity contribution in [3.63, 3.8) is 0 Å². The van der Waals surface area contributed by atoms with Crippen LogP contribution in [0.5, 0.6) is 0 Å². The van der Waals surface area contributed by atoms with E-state index in [-0.39, 0.29) is 6.04 Å². The van der Waals surface area contributed by atoms with Crippen molar-refractivity contribution in [3.05, 3.63) is 59.8 Å². The van der Waals surface area contributed by atoms with Crippen molar-refractivity contribution in [2.24, 2.45) is 4.99 Å². The van der Waals surface area contributed by atoms with Crippen LogP contribution in [-0.2, 0) is 6.54 Å². The highest BCUT2D eigenvalue weighted by molar-refractivity contribution is 5.80. The molecule has 1 aromatic carbocycles. The summed E-state index contributed by atoms with van der Waals surface area (Å²) in [7, 11) is 1.80. The minimum atomic E-state index is 0.198. The van der Waals surface area contributed by atoms with Crippen molar-refractivity contribution in [1.82, 2.24) is 15.6 Å². The maximum Gasteiger partial charge on any atom is 0.191 e. The molecular formula is C21H29N5. The van der Waals surface area contributed by atoms with E-state index >= 15 is 0 Å². The number of rotatable bonds is 5. The first kappa shape index (κ1) is 18.2. The molecule has 1 atom stereocenters. The lowest BCUT2D eigenvalue weighted by molar-refractivity contribution is 0.573. The van der Waals surface area contributed by atoms with Gasteiger partial charge in [-0.15, -0.1) is 0 Å². The third kappa shape index (κ3) is 4.97. The van der Waals surface area contributed by atoms with Crippen molar-refractivity contribution >= 4 is 11.8 Å². The number of hydrogen-bond donors (Lipinski definition) is 2. The Balaban J connectivity index is 1.57. The van der Waals surface area contributed by atoms with Gasteiger partial charge in [-0.25, -0.2) is 4.98 Å². The molecule has 1 fully saturated rings. The van der Waals surface area contributed by atoms with E-state index in [1.165, 1.54) is 30.4 Å². The van der Waals surface area contributed by atoms with Crippen LogP contribution >= 0.6 is 0 Å². The first-order valence-electron chi connectivity index (χ1n) is 9.48. The Morgan fingerprint density at radius 2 is 1.92 bits per heavy atom. The second-order valence-electron chi connectivity index (χ2n) is 6.77. The van der Waals surface area contributed by atoms with Crippen LogP contribution in [-0.4, -0.2) is 31.1 Å². The van der Waals surface area contributed by atoms with Crippen LogP contribution in [0, 0.1) is 0 Å². The molecule has 0 aliphatic carbocycles. The minimum absolute atomic E-state index is 0.198. The van der Waals surface area contributed by atoms with Crippen LogP contribution in [0.2, 0.25) is 0 Å². The lowest BCUT2D eigenvalue weighted by Crippen LogP contribution is -2.38. The van der Waals surface area contributed by atoms with Crippen LogP contribution in [0.25, 0.3) is 0 Å². The van der Waals surface area contributed by atoms with Crippen molar-refractivity contribution < 1.29 is 0 Å². The second kappa shape index (κ2) is 9.22. The fraction of sp³-hybridized carbons (Fsp3) is 0.429. The van der Waals surface area contributed by atoms with Crippen LogP contribution in [0.4, 0.5) is 5.82 Å². The zero-order valence-corrected chi connectivity index (χ0v) is 15.8. The van der Waals surface area contributed by atoms with E-state index in [0.717, 1.165) is 31.4 Å². The standard InChI is InChI=1S/C21H29N5/c1-17(19-9-5-3-6-10-19)25-21(22-2)24-16-18-11-12-23-20(15-18)26-13-7-4-8-14-26/h3,5-6,9-12,15,17H,4,7-8,13-14,16H2,1-2H3,(H2,22,24,25). The molecule has 1 unspecified atom stereocenters. The summed E-state index contributed by atoms with van der Waals surface area (Å²) in [6.45, 7) is 5.09. The minimum Gasteiger partial charge on any atom is -0.357 e. The Bertz CT molecular complexity index is 707. The molecule has 2 heterocycles. The summed E-state index contributed by atoms with van der Waals surface area (Å²) in [5.41, 5.74) is 2.46. The average molecular weight is 351 g/mol. The number of nitrogens with zero attached hydrogens (tertiary/aromatic N) is 3. The first-order chi connectivity index (χ1) is 12.8. The quantitative estimate of drug-likeness (QED) is 0.639. The van der Waals surface area contributed by atoms with E-state index in [1.54, 1.807) is 7.05 Å². The number of benzene rings is 1. The predicted molar refractivity (Wildman–Crippen MR) is 108 cm³/mol. The zero-order valence-electron chi connectivity index (χ0n) is 15.8. The second-order valence-corrected chi connectivity index (χ2v) is 6.77. The largest absolute Gasteiger partial charge is 0.357 e. The molecule has 2 N–H and O–H groups in total. The highest BCUT2D eigenvalue weighted by atomic mass is 15.2. The lowest BCUT2D eigenvalue weighted by Gasteiger charge is -2.28. The van der Waals surface area contributed by atoms with Gasteiger partial charge in [0.2, 0.25) is 0 Å². The van der Waals surface area contributed by atoms with Crippen molar-refractivity contribution in [2.75, 3.05) is 25.0 Å². The predicted octanol–water partition coefficient (Wildman–Crippen LogP) is 3.50. The van der Waals surface area contributed by atoms with Gasteiger partial charge < -0.3 is 15.5 Å². The molecule has 5 heteroatoms. The molecule has 0 bridgehead atoms. The van der Waals surface area contributed by atoms with Crippen LogP contribution in [0.15, 0.2) is 53.7 Å². The number of aromatic nitrogens is 1. The van der Waals surface area contributed by atoms with Crippen molar-refractivity contribution in [3.8, 4) is 0 Å². The molecule has 0 radical (unpaired) electrons. The Hall–Kier alpha value is -2.56. The highest BCUT2D eigenvalue weighted by Crippen LogP contribution is 2.18. The van der Waals surface area contributed by atoms with Gasteiger partial charge in [-0.3, -0.25) is 4.99 Å². The summed E-state index contributed by atoms with van der Waals surface area (Å²) in [5, 5.41) is 6.85. The summed E-state index contributed by atoms with van der Waals surface area (Å²) >= 11 is 0. The van der Waals surface area contributed by atoms with Gasteiger partial charge in [0, 0.05) is 32.9 Å². The Morgan fingerprint density at radius 3 is 2.65 bits per heavy atom. The molecule has 1 aliphatic rings. The highest BCUT2D eigenvalue weighted by Gasteiger charge is 2.12. The number of hydrogen-bond acceptors (Lipinski definition) is 3. The van der Waals surface area contributed by atoms with E-state index in [0.29, 0.717) is 0 Å². The molecule has 1 saturated heterocycles. The third-order valence-electron chi connectivity index (χ3n) is 4.83. The van der Waals surface area contributed by atoms with E-state index in [4.69, 9.17) is 0 Å². The molecule has 0 spiro atoms. The molecule has 1 aliphatic heterocycles. The third-order valence-corrected chi connectivity index (χ3v) is 4.83. The molecule has 26 heavy (non-hydrogen) atoms. The van der Waals surface area contributed by atoms with Gasteiger partial charge in [0.15, 0.2) is 5.96 Å². The van der Waals surface area contributed by atoms with Gasteiger partial charge >= 0.3 is 0 Å². The van der Waals surface area contributed by atoms with Crippen molar-refractivity contribution in [2.45, 2.75) is 38.8 Å². The number of guanidine groups is 1. The molecule has 2 aromatic rings. The first-order valence-corrected chi connectivity index (χ1v) is 9.48. The van der Waals surface area contributed by atoms with Crippen LogP contribution in [0.3, 0.4) is 0 Å². The van der Waals surface area contributed by atoms with E-state index in [9.17, 15) is 0 Å². The van der Waals surface area contributed by atoms with Crippen molar-refractivity contribution in [1.29, 1.82) is 0 Å². The Morgan fingerprint density at radius 1 is 1.15 bits per heavy atom.